The molecule has 33 heavy (non-hydrogen) atoms. The molecule has 5 nitrogen and oxygen atoms in total. The van der Waals surface area contributed by atoms with Crippen molar-refractivity contribution in [1.29, 1.82) is 0 Å². The third-order valence-corrected chi connectivity index (χ3v) is 7.36. The number of thiophene rings is 1. The summed E-state index contributed by atoms with van der Waals surface area (Å²) in [4.78, 5) is 25.1. The second-order valence-electron chi connectivity index (χ2n) is 7.43. The molecule has 1 aromatic heterocycles. The Morgan fingerprint density at radius 3 is 2.73 bits per heavy atom. The summed E-state index contributed by atoms with van der Waals surface area (Å²) < 4.78 is 52.8. The molecule has 2 aromatic rings. The molecule has 0 aliphatic carbocycles. The molecule has 1 aliphatic heterocycles. The maximum absolute atomic E-state index is 13.4. The summed E-state index contributed by atoms with van der Waals surface area (Å²) in [5.41, 5.74) is -1.23. The Kier molecular flexibility index (Phi) is 8.19. The number of aromatic carboxylic acids is 1. The van der Waals surface area contributed by atoms with Gasteiger partial charge in [0.25, 0.3) is 0 Å². The topological polar surface area (TPSA) is 77.8 Å². The van der Waals surface area contributed by atoms with Gasteiger partial charge in [0.2, 0.25) is 5.91 Å². The first-order chi connectivity index (χ1) is 15.5. The van der Waals surface area contributed by atoms with Crippen LogP contribution in [0.15, 0.2) is 46.7 Å². The van der Waals surface area contributed by atoms with E-state index in [1.165, 1.54) is 30.0 Å². The fraction of sp³-hybridized carbons (Fsp3) is 0.364. The first-order valence-electron chi connectivity index (χ1n) is 10.0. The highest BCUT2D eigenvalue weighted by molar-refractivity contribution is 8.01. The van der Waals surface area contributed by atoms with Crippen LogP contribution in [0.5, 0.6) is 0 Å². The Hall–Kier alpha value is -2.37. The van der Waals surface area contributed by atoms with E-state index < -0.39 is 29.6 Å². The molecule has 2 heterocycles. The zero-order chi connectivity index (χ0) is 24.2. The minimum atomic E-state index is -4.82. The Morgan fingerprint density at radius 2 is 2.06 bits per heavy atom. The molecule has 2 atom stereocenters. The molecule has 0 radical (unpaired) electrons. The summed E-state index contributed by atoms with van der Waals surface area (Å²) in [6.07, 6.45) is -2.01. The van der Waals surface area contributed by atoms with Crippen LogP contribution in [0, 0.1) is 5.82 Å². The fourth-order valence-electron chi connectivity index (χ4n) is 3.49. The van der Waals surface area contributed by atoms with Gasteiger partial charge < -0.3 is 15.1 Å². The number of benzene rings is 1. The van der Waals surface area contributed by atoms with Gasteiger partial charge in [-0.25, -0.2) is 9.18 Å². The Morgan fingerprint density at radius 1 is 1.30 bits per heavy atom. The summed E-state index contributed by atoms with van der Waals surface area (Å²) in [6, 6.07) is 5.63. The van der Waals surface area contributed by atoms with Crippen LogP contribution in [0.4, 0.5) is 17.6 Å². The van der Waals surface area contributed by atoms with Crippen molar-refractivity contribution >= 4 is 35.0 Å². The number of carbonyl (C=O) groups is 2. The van der Waals surface area contributed by atoms with Gasteiger partial charge in [-0.1, -0.05) is 18.2 Å². The molecule has 178 valence electrons. The second kappa shape index (κ2) is 10.7. The van der Waals surface area contributed by atoms with Crippen molar-refractivity contribution in [1.82, 2.24) is 4.90 Å². The van der Waals surface area contributed by atoms with E-state index >= 15 is 0 Å². The molecule has 2 N–H and O–H groups in total. The minimum absolute atomic E-state index is 0.0366. The highest BCUT2D eigenvalue weighted by atomic mass is 32.2. The third kappa shape index (κ3) is 6.81. The number of aliphatic hydroxyl groups is 1. The maximum Gasteiger partial charge on any atom is 0.419 e. The molecule has 0 spiro atoms. The van der Waals surface area contributed by atoms with Crippen molar-refractivity contribution < 1.29 is 37.4 Å². The summed E-state index contributed by atoms with van der Waals surface area (Å²) in [5, 5.41) is 19.2. The maximum atomic E-state index is 13.4. The van der Waals surface area contributed by atoms with E-state index in [4.69, 9.17) is 5.11 Å². The molecule has 0 saturated carbocycles. The molecule has 1 fully saturated rings. The molecule has 3 rings (SSSR count). The first kappa shape index (κ1) is 25.3. The quantitative estimate of drug-likeness (QED) is 0.291. The number of halogens is 4. The number of rotatable bonds is 9. The summed E-state index contributed by atoms with van der Waals surface area (Å²) in [5.74, 6) is -1.82. The number of carbonyl (C=O) groups excluding carboxylic acids is 1. The van der Waals surface area contributed by atoms with E-state index in [1.807, 2.05) is 0 Å². The number of aliphatic hydroxyl groups excluding tert-OH is 1. The zero-order valence-corrected chi connectivity index (χ0v) is 18.9. The third-order valence-electron chi connectivity index (χ3n) is 5.08. The zero-order valence-electron chi connectivity index (χ0n) is 17.2. The summed E-state index contributed by atoms with van der Waals surface area (Å²) >= 11 is 2.61. The number of nitrogens with zero attached hydrogens (tertiary/aromatic N) is 1. The van der Waals surface area contributed by atoms with Gasteiger partial charge in [0.05, 0.1) is 21.9 Å². The fourth-order valence-corrected chi connectivity index (χ4v) is 5.47. The molecular formula is C22H21F4NO4S2. The average Bonchev–Trinajstić information content (AvgIpc) is 3.35. The number of hydrogen-bond acceptors (Lipinski definition) is 5. The lowest BCUT2D eigenvalue weighted by Gasteiger charge is -2.22. The normalized spacial score (nSPS) is 17.8. The average molecular weight is 504 g/mol. The molecule has 1 amide bonds. The molecule has 0 unspecified atom stereocenters. The number of thioether (sulfide) groups is 1. The highest BCUT2D eigenvalue weighted by Crippen LogP contribution is 2.32. The van der Waals surface area contributed by atoms with Gasteiger partial charge in [-0.05, 0) is 36.2 Å². The standard InChI is InChI=1S/C22H21F4NO4S2/c23-17-5-1-13(12-16(17)22(24,25)26)11-15(28)4-2-14-3-7-19(29)27(14)9-10-32-20-8-6-18(33-20)21(30)31/h1-2,4-6,8,12,14-15,28H,3,7,9-11H2,(H,30,31)/b4-2+/t14-,15+/m0/s1. The lowest BCUT2D eigenvalue weighted by Crippen LogP contribution is -2.33. The lowest BCUT2D eigenvalue weighted by molar-refractivity contribution is -0.140. The number of amides is 1. The van der Waals surface area contributed by atoms with E-state index in [0.29, 0.717) is 31.2 Å². The predicted octanol–water partition coefficient (Wildman–Crippen LogP) is 4.85. The Bertz CT molecular complexity index is 1040. The Labute approximate surface area is 195 Å². The smallest absolute Gasteiger partial charge is 0.419 e. The van der Waals surface area contributed by atoms with E-state index in [0.717, 1.165) is 21.6 Å². The Balaban J connectivity index is 1.55. The SMILES string of the molecule is O=C(O)c1ccc(SCCN2C(=O)CC[C@@H]2/C=C/[C@@H](O)Cc2ccc(F)c(C(F)(F)F)c2)s1. The van der Waals surface area contributed by atoms with Crippen LogP contribution in [-0.4, -0.2) is 51.4 Å². The monoisotopic (exact) mass is 503 g/mol. The number of carboxylic acid groups (broad SMARTS) is 1. The van der Waals surface area contributed by atoms with Gasteiger partial charge in [0.15, 0.2) is 0 Å². The van der Waals surface area contributed by atoms with Crippen LogP contribution in [0.2, 0.25) is 0 Å². The van der Waals surface area contributed by atoms with E-state index in [1.54, 1.807) is 17.0 Å². The number of alkyl halides is 3. The molecule has 1 aliphatic rings. The number of likely N-dealkylation sites (tertiary alicyclic amines) is 1. The summed E-state index contributed by atoms with van der Waals surface area (Å²) in [7, 11) is 0. The van der Waals surface area contributed by atoms with Crippen LogP contribution >= 0.6 is 23.1 Å². The van der Waals surface area contributed by atoms with Crippen molar-refractivity contribution in [3.8, 4) is 0 Å². The van der Waals surface area contributed by atoms with Crippen molar-refractivity contribution in [2.75, 3.05) is 12.3 Å². The number of hydrogen-bond donors (Lipinski definition) is 2. The van der Waals surface area contributed by atoms with Crippen LogP contribution < -0.4 is 0 Å². The van der Waals surface area contributed by atoms with Crippen LogP contribution in [-0.2, 0) is 17.4 Å². The van der Waals surface area contributed by atoms with Crippen molar-refractivity contribution in [2.24, 2.45) is 0 Å². The van der Waals surface area contributed by atoms with E-state index in [2.05, 4.69) is 0 Å². The summed E-state index contributed by atoms with van der Waals surface area (Å²) in [6.45, 7) is 0.432. The molecule has 11 heteroatoms. The molecule has 1 saturated heterocycles. The molecule has 1 aromatic carbocycles. The van der Waals surface area contributed by atoms with Gasteiger partial charge >= 0.3 is 12.1 Å². The van der Waals surface area contributed by atoms with Crippen molar-refractivity contribution in [2.45, 2.75) is 41.8 Å². The highest BCUT2D eigenvalue weighted by Gasteiger charge is 2.34. The minimum Gasteiger partial charge on any atom is -0.477 e. The first-order valence-corrected chi connectivity index (χ1v) is 11.8. The van der Waals surface area contributed by atoms with Gasteiger partial charge in [0.1, 0.15) is 10.7 Å². The lowest BCUT2D eigenvalue weighted by atomic mass is 10.0. The molecule has 0 bridgehead atoms. The predicted molar refractivity (Wildman–Crippen MR) is 117 cm³/mol. The van der Waals surface area contributed by atoms with Crippen LogP contribution in [0.3, 0.4) is 0 Å². The van der Waals surface area contributed by atoms with Gasteiger partial charge in [0, 0.05) is 25.1 Å². The van der Waals surface area contributed by atoms with Crippen molar-refractivity contribution in [3.63, 3.8) is 0 Å². The van der Waals surface area contributed by atoms with E-state index in [-0.39, 0.29) is 28.8 Å². The van der Waals surface area contributed by atoms with Crippen LogP contribution in [0.25, 0.3) is 0 Å². The van der Waals surface area contributed by atoms with Gasteiger partial charge in [-0.2, -0.15) is 13.2 Å². The van der Waals surface area contributed by atoms with E-state index in [9.17, 15) is 32.3 Å². The number of carboxylic acids is 1. The second-order valence-corrected chi connectivity index (χ2v) is 9.91. The van der Waals surface area contributed by atoms with Crippen molar-refractivity contribution in [3.05, 3.63) is 64.3 Å². The largest absolute Gasteiger partial charge is 0.477 e. The van der Waals surface area contributed by atoms with Crippen LogP contribution in [0.1, 0.15) is 33.6 Å². The van der Waals surface area contributed by atoms with Gasteiger partial charge in [-0.15, -0.1) is 23.1 Å². The van der Waals surface area contributed by atoms with Gasteiger partial charge in [-0.3, -0.25) is 4.79 Å². The molecular weight excluding hydrogens is 482 g/mol.